The number of ether oxygens (including phenoxy) is 1. The molecule has 1 aromatic carbocycles. The predicted molar refractivity (Wildman–Crippen MR) is 133 cm³/mol. The largest absolute Gasteiger partial charge is 0.448 e. The highest BCUT2D eigenvalue weighted by Gasteiger charge is 2.35. The molecule has 0 saturated carbocycles. The first-order chi connectivity index (χ1) is 16.5. The molecule has 0 aliphatic carbocycles. The molecule has 0 saturated heterocycles. The molecule has 174 valence electrons. The number of aryl methyl sites for hydroxylation is 1. The van der Waals surface area contributed by atoms with E-state index in [4.69, 9.17) is 27.8 Å². The van der Waals surface area contributed by atoms with Crippen molar-refractivity contribution in [1.82, 2.24) is 19.7 Å². The quantitative estimate of drug-likeness (QED) is 0.374. The van der Waals surface area contributed by atoms with Crippen LogP contribution in [0.2, 0.25) is 5.02 Å². The normalized spacial score (nSPS) is 16.6. The third kappa shape index (κ3) is 3.79. The molecule has 0 fully saturated rings. The lowest BCUT2D eigenvalue weighted by Gasteiger charge is -2.26. The van der Waals surface area contributed by atoms with Gasteiger partial charge in [-0.3, -0.25) is 9.56 Å². The van der Waals surface area contributed by atoms with Gasteiger partial charge in [-0.1, -0.05) is 36.7 Å². The van der Waals surface area contributed by atoms with Crippen molar-refractivity contribution in [1.29, 1.82) is 0 Å². The lowest BCUT2D eigenvalue weighted by molar-refractivity contribution is 0.100. The number of terminal acetylenes is 1. The van der Waals surface area contributed by atoms with Crippen LogP contribution in [0.25, 0.3) is 5.00 Å². The number of carbonyl (C=O) groups is 1. The van der Waals surface area contributed by atoms with Gasteiger partial charge in [0.25, 0.3) is 0 Å². The maximum absolute atomic E-state index is 12.6. The SMILES string of the molecule is C#CCCOC(=O)N1CCc2c(sc3c2C(c2ccccc2Cl)=NC(CC)c2nnc(C)n2-3)C1. The molecule has 0 N–H and O–H groups in total. The summed E-state index contributed by atoms with van der Waals surface area (Å²) in [5.41, 5.74) is 4.03. The molecular formula is C25H24ClN5O2S. The number of benzene rings is 1. The fourth-order valence-electron chi connectivity index (χ4n) is 4.49. The number of aliphatic imine (C=N–C) groups is 1. The van der Waals surface area contributed by atoms with Crippen molar-refractivity contribution in [2.45, 2.75) is 45.7 Å². The third-order valence-electron chi connectivity index (χ3n) is 6.16. The first kappa shape index (κ1) is 22.6. The molecule has 34 heavy (non-hydrogen) atoms. The number of hydrogen-bond acceptors (Lipinski definition) is 6. The summed E-state index contributed by atoms with van der Waals surface area (Å²) in [6.45, 7) is 5.33. The van der Waals surface area contributed by atoms with Crippen LogP contribution in [-0.2, 0) is 17.7 Å². The Bertz CT molecular complexity index is 1340. The molecule has 0 radical (unpaired) electrons. The molecule has 2 aliphatic heterocycles. The molecule has 5 rings (SSSR count). The second kappa shape index (κ2) is 9.24. The van der Waals surface area contributed by atoms with Crippen LogP contribution in [0.3, 0.4) is 0 Å². The van der Waals surface area contributed by atoms with Crippen molar-refractivity contribution < 1.29 is 9.53 Å². The first-order valence-corrected chi connectivity index (χ1v) is 12.5. The van der Waals surface area contributed by atoms with Crippen molar-refractivity contribution in [3.05, 3.63) is 62.5 Å². The van der Waals surface area contributed by atoms with Crippen molar-refractivity contribution in [3.63, 3.8) is 0 Å². The van der Waals surface area contributed by atoms with Crippen LogP contribution in [-0.4, -0.2) is 44.6 Å². The fourth-order valence-corrected chi connectivity index (χ4v) is 6.14. The fraction of sp³-hybridized carbons (Fsp3) is 0.360. The summed E-state index contributed by atoms with van der Waals surface area (Å²) < 4.78 is 7.46. The molecule has 2 aliphatic rings. The highest BCUT2D eigenvalue weighted by molar-refractivity contribution is 7.15. The molecular weight excluding hydrogens is 470 g/mol. The molecule has 0 spiro atoms. The molecule has 1 unspecified atom stereocenters. The zero-order valence-electron chi connectivity index (χ0n) is 19.0. The minimum absolute atomic E-state index is 0.131. The number of fused-ring (bicyclic) bond motifs is 5. The van der Waals surface area contributed by atoms with Gasteiger partial charge >= 0.3 is 6.09 Å². The molecule has 1 amide bonds. The number of hydrogen-bond donors (Lipinski definition) is 0. The summed E-state index contributed by atoms with van der Waals surface area (Å²) in [4.78, 5) is 20.6. The average Bonchev–Trinajstić information content (AvgIpc) is 3.36. The predicted octanol–water partition coefficient (Wildman–Crippen LogP) is 5.11. The van der Waals surface area contributed by atoms with E-state index in [1.54, 1.807) is 16.2 Å². The van der Waals surface area contributed by atoms with E-state index in [1.165, 1.54) is 5.56 Å². The standard InChI is InChI=1S/C25H24ClN5O2S/c1-4-6-13-33-25(32)30-12-11-17-20(14-30)34-24-21(17)22(16-9-7-8-10-18(16)26)27-19(5-2)23-29-28-15(3)31(23)24/h1,7-10,19H,5-6,11-14H2,2-3H3. The van der Waals surface area contributed by atoms with Gasteiger partial charge in [-0.15, -0.1) is 33.9 Å². The second-order valence-electron chi connectivity index (χ2n) is 8.25. The summed E-state index contributed by atoms with van der Waals surface area (Å²) in [5, 5.41) is 10.5. The van der Waals surface area contributed by atoms with E-state index >= 15 is 0 Å². The number of nitrogens with zero attached hydrogens (tertiary/aromatic N) is 5. The van der Waals surface area contributed by atoms with Crippen molar-refractivity contribution >= 4 is 34.7 Å². The highest BCUT2D eigenvalue weighted by atomic mass is 35.5. The molecule has 0 bridgehead atoms. The summed E-state index contributed by atoms with van der Waals surface area (Å²) in [7, 11) is 0. The monoisotopic (exact) mass is 493 g/mol. The van der Waals surface area contributed by atoms with Gasteiger partial charge in [-0.2, -0.15) is 0 Å². The lowest BCUT2D eigenvalue weighted by atomic mass is 9.95. The maximum atomic E-state index is 12.6. The summed E-state index contributed by atoms with van der Waals surface area (Å²) in [5.74, 6) is 4.13. The first-order valence-electron chi connectivity index (χ1n) is 11.3. The van der Waals surface area contributed by atoms with Gasteiger partial charge in [0, 0.05) is 34.0 Å². The van der Waals surface area contributed by atoms with Crippen LogP contribution >= 0.6 is 22.9 Å². The summed E-state index contributed by atoms with van der Waals surface area (Å²) in [6.07, 6.45) is 6.83. The van der Waals surface area contributed by atoms with E-state index < -0.39 is 0 Å². The second-order valence-corrected chi connectivity index (χ2v) is 9.74. The Kier molecular flexibility index (Phi) is 6.15. The average molecular weight is 494 g/mol. The number of amides is 1. The maximum Gasteiger partial charge on any atom is 0.410 e. The van der Waals surface area contributed by atoms with E-state index in [-0.39, 0.29) is 18.7 Å². The Labute approximate surface area is 207 Å². The molecule has 1 atom stereocenters. The number of carbonyl (C=O) groups excluding carboxylic acids is 1. The smallest absolute Gasteiger partial charge is 0.410 e. The summed E-state index contributed by atoms with van der Waals surface area (Å²) >= 11 is 8.32. The van der Waals surface area contributed by atoms with Crippen LogP contribution in [0.4, 0.5) is 4.79 Å². The van der Waals surface area contributed by atoms with Gasteiger partial charge in [0.15, 0.2) is 5.82 Å². The molecule has 9 heteroatoms. The van der Waals surface area contributed by atoms with E-state index in [0.29, 0.717) is 31.0 Å². The van der Waals surface area contributed by atoms with Crippen LogP contribution in [0, 0.1) is 19.3 Å². The lowest BCUT2D eigenvalue weighted by Crippen LogP contribution is -2.36. The minimum atomic E-state index is -0.336. The van der Waals surface area contributed by atoms with E-state index in [1.807, 2.05) is 31.2 Å². The van der Waals surface area contributed by atoms with Crippen molar-refractivity contribution in [2.24, 2.45) is 4.99 Å². The third-order valence-corrected chi connectivity index (χ3v) is 7.69. The van der Waals surface area contributed by atoms with Crippen LogP contribution in [0.1, 0.15) is 59.0 Å². The van der Waals surface area contributed by atoms with Crippen molar-refractivity contribution in [2.75, 3.05) is 13.2 Å². The van der Waals surface area contributed by atoms with Gasteiger partial charge in [0.1, 0.15) is 23.5 Å². The van der Waals surface area contributed by atoms with Crippen LogP contribution < -0.4 is 0 Å². The highest BCUT2D eigenvalue weighted by Crippen LogP contribution is 2.42. The van der Waals surface area contributed by atoms with Gasteiger partial charge in [-0.25, -0.2) is 4.79 Å². The molecule has 4 heterocycles. The number of rotatable bonds is 4. The zero-order chi connectivity index (χ0) is 23.8. The minimum Gasteiger partial charge on any atom is -0.448 e. The Morgan fingerprint density at radius 3 is 2.94 bits per heavy atom. The molecule has 2 aromatic heterocycles. The Morgan fingerprint density at radius 2 is 2.18 bits per heavy atom. The topological polar surface area (TPSA) is 72.6 Å². The van der Waals surface area contributed by atoms with Crippen LogP contribution in [0.15, 0.2) is 29.3 Å². The number of thiophene rings is 1. The molecule has 3 aromatic rings. The van der Waals surface area contributed by atoms with E-state index in [9.17, 15) is 4.79 Å². The number of halogens is 1. The van der Waals surface area contributed by atoms with Gasteiger partial charge in [-0.05, 0) is 31.4 Å². The Morgan fingerprint density at radius 1 is 1.35 bits per heavy atom. The van der Waals surface area contributed by atoms with Crippen LogP contribution in [0.5, 0.6) is 0 Å². The number of aromatic nitrogens is 3. The van der Waals surface area contributed by atoms with Gasteiger partial charge in [0.05, 0.1) is 12.3 Å². The summed E-state index contributed by atoms with van der Waals surface area (Å²) in [6, 6.07) is 7.68. The van der Waals surface area contributed by atoms with Gasteiger partial charge < -0.3 is 9.64 Å². The van der Waals surface area contributed by atoms with Gasteiger partial charge in [0.2, 0.25) is 0 Å². The van der Waals surface area contributed by atoms with Crippen molar-refractivity contribution in [3.8, 4) is 17.3 Å². The molecule has 7 nitrogen and oxygen atoms in total. The Hall–Kier alpha value is -3.15. The zero-order valence-corrected chi connectivity index (χ0v) is 20.6. The van der Waals surface area contributed by atoms with E-state index in [2.05, 4.69) is 27.6 Å². The Balaban J connectivity index is 1.64. The van der Waals surface area contributed by atoms with E-state index in [0.717, 1.165) is 44.8 Å².